The maximum Gasteiger partial charge on any atom is 0.224 e. The highest BCUT2D eigenvalue weighted by Crippen LogP contribution is 2.28. The molecule has 1 aliphatic rings. The van der Waals surface area contributed by atoms with E-state index in [4.69, 9.17) is 11.6 Å². The van der Waals surface area contributed by atoms with Crippen molar-refractivity contribution in [1.82, 2.24) is 0 Å². The molecule has 108 valence electrons. The summed E-state index contributed by atoms with van der Waals surface area (Å²) in [6, 6.07) is 14.1. The number of halogens is 1. The number of amides is 1. The molecule has 1 atom stereocenters. The standard InChI is InChI=1S/C17H17ClN2O/c1-11(12-3-2-4-14(18)9-12)19-15-6-7-16-13(10-15)5-8-17(21)20-16/h2-4,6-7,9-11,19H,5,8H2,1H3,(H,20,21). The normalized spacial score (nSPS) is 15.0. The third kappa shape index (κ3) is 3.19. The Labute approximate surface area is 129 Å². The van der Waals surface area contributed by atoms with Gasteiger partial charge in [0, 0.05) is 28.9 Å². The van der Waals surface area contributed by atoms with Crippen LogP contribution in [0.5, 0.6) is 0 Å². The number of anilines is 2. The van der Waals surface area contributed by atoms with Gasteiger partial charge in [0.15, 0.2) is 0 Å². The Hall–Kier alpha value is -2.00. The van der Waals surface area contributed by atoms with Crippen molar-refractivity contribution in [3.05, 3.63) is 58.6 Å². The summed E-state index contributed by atoms with van der Waals surface area (Å²) in [6.45, 7) is 2.10. The Morgan fingerprint density at radius 2 is 2.05 bits per heavy atom. The molecule has 2 aromatic carbocycles. The SMILES string of the molecule is CC(Nc1ccc2c(c1)CCC(=O)N2)c1cccc(Cl)c1. The fourth-order valence-electron chi connectivity index (χ4n) is 2.58. The van der Waals surface area contributed by atoms with Crippen molar-refractivity contribution in [2.75, 3.05) is 10.6 Å². The second kappa shape index (κ2) is 5.78. The van der Waals surface area contributed by atoms with Gasteiger partial charge in [-0.3, -0.25) is 4.79 Å². The van der Waals surface area contributed by atoms with Gasteiger partial charge in [0.2, 0.25) is 5.91 Å². The van der Waals surface area contributed by atoms with Crippen LogP contribution in [0, 0.1) is 0 Å². The Balaban J connectivity index is 1.77. The predicted octanol–water partition coefficient (Wildman–Crippen LogP) is 4.40. The average Bonchev–Trinajstić information content (AvgIpc) is 2.47. The highest BCUT2D eigenvalue weighted by atomic mass is 35.5. The van der Waals surface area contributed by atoms with Gasteiger partial charge in [0.1, 0.15) is 0 Å². The summed E-state index contributed by atoms with van der Waals surface area (Å²) >= 11 is 6.03. The first-order chi connectivity index (χ1) is 10.1. The molecule has 0 saturated heterocycles. The third-order valence-corrected chi connectivity index (χ3v) is 3.97. The van der Waals surface area contributed by atoms with Crippen LogP contribution >= 0.6 is 11.6 Å². The molecule has 0 radical (unpaired) electrons. The summed E-state index contributed by atoms with van der Waals surface area (Å²) in [5.41, 5.74) is 4.30. The molecule has 0 fully saturated rings. The van der Waals surface area contributed by atoms with Crippen LogP contribution in [0.1, 0.15) is 30.5 Å². The molecule has 21 heavy (non-hydrogen) atoms. The molecule has 0 spiro atoms. The number of carbonyl (C=O) groups excluding carboxylic acids is 1. The van der Waals surface area contributed by atoms with Crippen LogP contribution in [0.3, 0.4) is 0 Å². The molecule has 0 aliphatic carbocycles. The van der Waals surface area contributed by atoms with E-state index >= 15 is 0 Å². The molecule has 1 unspecified atom stereocenters. The zero-order valence-corrected chi connectivity index (χ0v) is 12.6. The molecular formula is C17H17ClN2O. The highest BCUT2D eigenvalue weighted by Gasteiger charge is 2.15. The van der Waals surface area contributed by atoms with Crippen molar-refractivity contribution in [3.63, 3.8) is 0 Å². The molecule has 0 saturated carbocycles. The molecular weight excluding hydrogens is 284 g/mol. The number of carbonyl (C=O) groups is 1. The summed E-state index contributed by atoms with van der Waals surface area (Å²) in [5, 5.41) is 7.12. The molecule has 1 aliphatic heterocycles. The smallest absolute Gasteiger partial charge is 0.224 e. The number of benzene rings is 2. The van der Waals surface area contributed by atoms with E-state index in [2.05, 4.69) is 29.7 Å². The average molecular weight is 301 g/mol. The first-order valence-corrected chi connectivity index (χ1v) is 7.44. The maximum absolute atomic E-state index is 11.4. The minimum atomic E-state index is 0.0931. The second-order valence-corrected chi connectivity index (χ2v) is 5.78. The van der Waals surface area contributed by atoms with Crippen molar-refractivity contribution in [3.8, 4) is 0 Å². The second-order valence-electron chi connectivity index (χ2n) is 5.34. The molecule has 4 heteroatoms. The predicted molar refractivity (Wildman–Crippen MR) is 86.9 cm³/mol. The van der Waals surface area contributed by atoms with E-state index in [9.17, 15) is 4.79 Å². The Morgan fingerprint density at radius 3 is 2.86 bits per heavy atom. The largest absolute Gasteiger partial charge is 0.379 e. The van der Waals surface area contributed by atoms with Crippen molar-refractivity contribution in [1.29, 1.82) is 0 Å². The molecule has 3 rings (SSSR count). The third-order valence-electron chi connectivity index (χ3n) is 3.73. The lowest BCUT2D eigenvalue weighted by molar-refractivity contribution is -0.116. The molecule has 0 aromatic heterocycles. The topological polar surface area (TPSA) is 41.1 Å². The lowest BCUT2D eigenvalue weighted by Crippen LogP contribution is -2.19. The van der Waals surface area contributed by atoms with Gasteiger partial charge in [-0.15, -0.1) is 0 Å². The number of hydrogen-bond acceptors (Lipinski definition) is 2. The molecule has 0 bridgehead atoms. The van der Waals surface area contributed by atoms with Crippen LogP contribution in [0.2, 0.25) is 5.02 Å². The molecule has 1 heterocycles. The zero-order chi connectivity index (χ0) is 14.8. The Morgan fingerprint density at radius 1 is 1.19 bits per heavy atom. The van der Waals surface area contributed by atoms with Crippen LogP contribution in [-0.2, 0) is 11.2 Å². The summed E-state index contributed by atoms with van der Waals surface area (Å²) in [6.07, 6.45) is 1.35. The van der Waals surface area contributed by atoms with E-state index in [-0.39, 0.29) is 11.9 Å². The van der Waals surface area contributed by atoms with Crippen LogP contribution in [0.15, 0.2) is 42.5 Å². The first-order valence-electron chi connectivity index (χ1n) is 7.06. The van der Waals surface area contributed by atoms with Gasteiger partial charge in [0.25, 0.3) is 0 Å². The van der Waals surface area contributed by atoms with Crippen molar-refractivity contribution < 1.29 is 4.79 Å². The van der Waals surface area contributed by atoms with Crippen LogP contribution < -0.4 is 10.6 Å². The summed E-state index contributed by atoms with van der Waals surface area (Å²) in [5.74, 6) is 0.0931. The molecule has 1 amide bonds. The van der Waals surface area contributed by atoms with E-state index in [0.717, 1.165) is 28.4 Å². The fourth-order valence-corrected chi connectivity index (χ4v) is 2.78. The van der Waals surface area contributed by atoms with E-state index in [1.165, 1.54) is 5.56 Å². The number of fused-ring (bicyclic) bond motifs is 1. The minimum absolute atomic E-state index is 0.0931. The van der Waals surface area contributed by atoms with E-state index in [1.807, 2.05) is 30.3 Å². The lowest BCUT2D eigenvalue weighted by Gasteiger charge is -2.20. The van der Waals surface area contributed by atoms with Gasteiger partial charge < -0.3 is 10.6 Å². The van der Waals surface area contributed by atoms with Crippen molar-refractivity contribution >= 4 is 28.9 Å². The monoisotopic (exact) mass is 300 g/mol. The number of rotatable bonds is 3. The molecule has 2 aromatic rings. The summed E-state index contributed by atoms with van der Waals surface area (Å²) < 4.78 is 0. The van der Waals surface area contributed by atoms with Crippen molar-refractivity contribution in [2.24, 2.45) is 0 Å². The summed E-state index contributed by atoms with van der Waals surface area (Å²) in [4.78, 5) is 11.4. The fraction of sp³-hybridized carbons (Fsp3) is 0.235. The van der Waals surface area contributed by atoms with Gasteiger partial charge in [-0.05, 0) is 54.8 Å². The number of aryl methyl sites for hydroxylation is 1. The lowest BCUT2D eigenvalue weighted by atomic mass is 10.0. The quantitative estimate of drug-likeness (QED) is 0.882. The Bertz CT molecular complexity index is 684. The van der Waals surface area contributed by atoms with Gasteiger partial charge in [-0.2, -0.15) is 0 Å². The first kappa shape index (κ1) is 14.0. The van der Waals surface area contributed by atoms with E-state index < -0.39 is 0 Å². The van der Waals surface area contributed by atoms with Crippen molar-refractivity contribution in [2.45, 2.75) is 25.8 Å². The van der Waals surface area contributed by atoms with Crippen LogP contribution in [-0.4, -0.2) is 5.91 Å². The maximum atomic E-state index is 11.4. The van der Waals surface area contributed by atoms with E-state index in [0.29, 0.717) is 6.42 Å². The number of nitrogens with one attached hydrogen (secondary N) is 2. The van der Waals surface area contributed by atoms with Gasteiger partial charge in [0.05, 0.1) is 0 Å². The molecule has 3 nitrogen and oxygen atoms in total. The number of hydrogen-bond donors (Lipinski definition) is 2. The van der Waals surface area contributed by atoms with Gasteiger partial charge in [-0.25, -0.2) is 0 Å². The minimum Gasteiger partial charge on any atom is -0.379 e. The summed E-state index contributed by atoms with van der Waals surface area (Å²) in [7, 11) is 0. The van der Waals surface area contributed by atoms with Gasteiger partial charge in [-0.1, -0.05) is 23.7 Å². The zero-order valence-electron chi connectivity index (χ0n) is 11.8. The Kier molecular flexibility index (Phi) is 3.84. The van der Waals surface area contributed by atoms with E-state index in [1.54, 1.807) is 0 Å². The van der Waals surface area contributed by atoms with Crippen LogP contribution in [0.25, 0.3) is 0 Å². The van der Waals surface area contributed by atoms with Gasteiger partial charge >= 0.3 is 0 Å². The molecule has 2 N–H and O–H groups in total. The highest BCUT2D eigenvalue weighted by molar-refractivity contribution is 6.30. The van der Waals surface area contributed by atoms with Crippen LogP contribution in [0.4, 0.5) is 11.4 Å².